The first-order chi connectivity index (χ1) is 14.6. The topological polar surface area (TPSA) is 46.0 Å². The second kappa shape index (κ2) is 9.63. The molecule has 158 valence electrons. The van der Waals surface area contributed by atoms with Gasteiger partial charge in [0.15, 0.2) is 0 Å². The molecule has 1 saturated heterocycles. The molecule has 0 amide bonds. The standard InChI is InChI=1S/C24H30ClN5/c1-18-23(19(2)30(28-18)22-10-8-21(25)9-11-22)17-26-15-20-7-12-24(27-16-20)29-13-5-3-4-6-14-29/h7-12,16,26H,3-6,13-15,17H2,1-2H3. The zero-order valence-corrected chi connectivity index (χ0v) is 18.6. The third-order valence-corrected chi connectivity index (χ3v) is 6.13. The highest BCUT2D eigenvalue weighted by molar-refractivity contribution is 6.30. The van der Waals surface area contributed by atoms with E-state index in [0.29, 0.717) is 0 Å². The first-order valence-corrected chi connectivity index (χ1v) is 11.2. The van der Waals surface area contributed by atoms with Crippen molar-refractivity contribution in [3.8, 4) is 5.69 Å². The van der Waals surface area contributed by atoms with Crippen molar-refractivity contribution >= 4 is 17.4 Å². The van der Waals surface area contributed by atoms with Crippen LogP contribution in [0.1, 0.15) is 48.2 Å². The second-order valence-electron chi connectivity index (χ2n) is 8.07. The molecule has 30 heavy (non-hydrogen) atoms. The lowest BCUT2D eigenvalue weighted by atomic mass is 10.2. The van der Waals surface area contributed by atoms with Crippen LogP contribution in [0.25, 0.3) is 5.69 Å². The molecule has 2 aromatic heterocycles. The summed E-state index contributed by atoms with van der Waals surface area (Å²) in [6.45, 7) is 8.00. The average Bonchev–Trinajstić information content (AvgIpc) is 2.94. The third kappa shape index (κ3) is 4.85. The van der Waals surface area contributed by atoms with Crippen molar-refractivity contribution in [1.29, 1.82) is 0 Å². The van der Waals surface area contributed by atoms with E-state index in [2.05, 4.69) is 36.2 Å². The van der Waals surface area contributed by atoms with Gasteiger partial charge in [0.2, 0.25) is 0 Å². The minimum absolute atomic E-state index is 0.734. The van der Waals surface area contributed by atoms with Crippen molar-refractivity contribution < 1.29 is 0 Å². The summed E-state index contributed by atoms with van der Waals surface area (Å²) in [6, 6.07) is 12.1. The average molecular weight is 424 g/mol. The lowest BCUT2D eigenvalue weighted by Crippen LogP contribution is -2.24. The van der Waals surface area contributed by atoms with E-state index in [9.17, 15) is 0 Å². The van der Waals surface area contributed by atoms with E-state index in [0.717, 1.165) is 54.1 Å². The molecule has 0 radical (unpaired) electrons. The van der Waals surface area contributed by atoms with Crippen LogP contribution < -0.4 is 10.2 Å². The Kier molecular flexibility index (Phi) is 6.70. The molecular formula is C24H30ClN5. The molecule has 1 fully saturated rings. The van der Waals surface area contributed by atoms with Gasteiger partial charge in [-0.2, -0.15) is 5.10 Å². The van der Waals surface area contributed by atoms with Crippen LogP contribution >= 0.6 is 11.6 Å². The van der Waals surface area contributed by atoms with Crippen molar-refractivity contribution in [2.24, 2.45) is 0 Å². The van der Waals surface area contributed by atoms with Gasteiger partial charge in [0.25, 0.3) is 0 Å². The highest BCUT2D eigenvalue weighted by atomic mass is 35.5. The predicted octanol–water partition coefficient (Wildman–Crippen LogP) is 5.21. The quantitative estimate of drug-likeness (QED) is 0.591. The number of nitrogens with zero attached hydrogens (tertiary/aromatic N) is 4. The van der Waals surface area contributed by atoms with Crippen molar-refractivity contribution in [3.05, 3.63) is 70.1 Å². The van der Waals surface area contributed by atoms with Crippen molar-refractivity contribution in [2.45, 2.75) is 52.6 Å². The number of aryl methyl sites for hydroxylation is 1. The molecule has 1 aliphatic rings. The normalized spacial score (nSPS) is 14.7. The first kappa shape index (κ1) is 20.9. The summed E-state index contributed by atoms with van der Waals surface area (Å²) in [5, 5.41) is 9.01. The van der Waals surface area contributed by atoms with Gasteiger partial charge in [-0.15, -0.1) is 0 Å². The number of hydrogen-bond donors (Lipinski definition) is 1. The molecule has 4 rings (SSSR count). The summed E-state index contributed by atoms with van der Waals surface area (Å²) in [5.41, 5.74) is 5.66. The fourth-order valence-electron chi connectivity index (χ4n) is 4.10. The number of benzene rings is 1. The number of halogens is 1. The Bertz CT molecular complexity index is 955. The minimum Gasteiger partial charge on any atom is -0.357 e. The number of rotatable bonds is 6. The van der Waals surface area contributed by atoms with E-state index in [1.54, 1.807) is 0 Å². The van der Waals surface area contributed by atoms with Gasteiger partial charge >= 0.3 is 0 Å². The summed E-state index contributed by atoms with van der Waals surface area (Å²) >= 11 is 6.02. The fourth-order valence-corrected chi connectivity index (χ4v) is 4.23. The van der Waals surface area contributed by atoms with Gasteiger partial charge in [0.1, 0.15) is 5.82 Å². The highest BCUT2D eigenvalue weighted by Gasteiger charge is 2.13. The molecule has 3 aromatic rings. The predicted molar refractivity (Wildman–Crippen MR) is 124 cm³/mol. The maximum absolute atomic E-state index is 6.02. The molecule has 3 heterocycles. The molecule has 0 aliphatic carbocycles. The Morgan fingerprint density at radius 2 is 1.67 bits per heavy atom. The van der Waals surface area contributed by atoms with E-state index < -0.39 is 0 Å². The Labute approximate surface area is 184 Å². The van der Waals surface area contributed by atoms with Crippen LogP contribution in [-0.4, -0.2) is 27.9 Å². The molecule has 0 bridgehead atoms. The summed E-state index contributed by atoms with van der Waals surface area (Å²) in [6.07, 6.45) is 7.22. The lowest BCUT2D eigenvalue weighted by Gasteiger charge is -2.21. The summed E-state index contributed by atoms with van der Waals surface area (Å²) < 4.78 is 1.99. The third-order valence-electron chi connectivity index (χ3n) is 5.88. The summed E-state index contributed by atoms with van der Waals surface area (Å²) in [7, 11) is 0. The van der Waals surface area contributed by atoms with Crippen LogP contribution in [-0.2, 0) is 13.1 Å². The highest BCUT2D eigenvalue weighted by Crippen LogP contribution is 2.20. The number of anilines is 1. The minimum atomic E-state index is 0.734. The molecule has 0 atom stereocenters. The summed E-state index contributed by atoms with van der Waals surface area (Å²) in [4.78, 5) is 7.13. The molecule has 0 saturated carbocycles. The number of hydrogen-bond acceptors (Lipinski definition) is 4. The summed E-state index contributed by atoms with van der Waals surface area (Å²) in [5.74, 6) is 1.11. The van der Waals surface area contributed by atoms with Crippen LogP contribution in [0.4, 0.5) is 5.82 Å². The van der Waals surface area contributed by atoms with Gasteiger partial charge in [-0.3, -0.25) is 0 Å². The van der Waals surface area contributed by atoms with Crippen LogP contribution in [0, 0.1) is 13.8 Å². The SMILES string of the molecule is Cc1nn(-c2ccc(Cl)cc2)c(C)c1CNCc1ccc(N2CCCCCC2)nc1. The van der Waals surface area contributed by atoms with E-state index in [-0.39, 0.29) is 0 Å². The van der Waals surface area contributed by atoms with E-state index in [1.165, 1.54) is 36.8 Å². The maximum atomic E-state index is 6.02. The zero-order valence-electron chi connectivity index (χ0n) is 17.9. The maximum Gasteiger partial charge on any atom is 0.128 e. The molecule has 1 N–H and O–H groups in total. The number of nitrogens with one attached hydrogen (secondary N) is 1. The first-order valence-electron chi connectivity index (χ1n) is 10.8. The monoisotopic (exact) mass is 423 g/mol. The molecule has 5 nitrogen and oxygen atoms in total. The lowest BCUT2D eigenvalue weighted by molar-refractivity contribution is 0.684. The van der Waals surface area contributed by atoms with E-state index >= 15 is 0 Å². The Morgan fingerprint density at radius 3 is 2.33 bits per heavy atom. The molecule has 1 aromatic carbocycles. The van der Waals surface area contributed by atoms with Gasteiger partial charge in [-0.25, -0.2) is 9.67 Å². The Balaban J connectivity index is 1.37. The van der Waals surface area contributed by atoms with Gasteiger partial charge in [0, 0.05) is 48.7 Å². The molecule has 1 aliphatic heterocycles. The van der Waals surface area contributed by atoms with Gasteiger partial charge in [-0.05, 0) is 62.6 Å². The largest absolute Gasteiger partial charge is 0.357 e. The molecule has 6 heteroatoms. The second-order valence-corrected chi connectivity index (χ2v) is 8.50. The fraction of sp³-hybridized carbons (Fsp3) is 0.417. The van der Waals surface area contributed by atoms with Gasteiger partial charge < -0.3 is 10.2 Å². The molecule has 0 spiro atoms. The van der Waals surface area contributed by atoms with Crippen molar-refractivity contribution in [1.82, 2.24) is 20.1 Å². The Morgan fingerprint density at radius 1 is 0.933 bits per heavy atom. The smallest absolute Gasteiger partial charge is 0.128 e. The van der Waals surface area contributed by atoms with E-state index in [1.807, 2.05) is 35.1 Å². The van der Waals surface area contributed by atoms with Crippen molar-refractivity contribution in [3.63, 3.8) is 0 Å². The number of aromatic nitrogens is 3. The van der Waals surface area contributed by atoms with Gasteiger partial charge in [0.05, 0.1) is 11.4 Å². The van der Waals surface area contributed by atoms with Crippen molar-refractivity contribution in [2.75, 3.05) is 18.0 Å². The molecular weight excluding hydrogens is 394 g/mol. The zero-order chi connectivity index (χ0) is 20.9. The van der Waals surface area contributed by atoms with Crippen LogP contribution in [0.5, 0.6) is 0 Å². The molecule has 0 unspecified atom stereocenters. The number of pyridine rings is 1. The van der Waals surface area contributed by atoms with Crippen LogP contribution in [0.15, 0.2) is 42.6 Å². The Hall–Kier alpha value is -2.37. The van der Waals surface area contributed by atoms with Crippen LogP contribution in [0.3, 0.4) is 0 Å². The van der Waals surface area contributed by atoms with Crippen LogP contribution in [0.2, 0.25) is 5.02 Å². The van der Waals surface area contributed by atoms with E-state index in [4.69, 9.17) is 21.7 Å². The van der Waals surface area contributed by atoms with Gasteiger partial charge in [-0.1, -0.05) is 30.5 Å².